The Hall–Kier alpha value is -3.74. The molecule has 1 unspecified atom stereocenters. The molecule has 166 valence electrons. The number of hydrogen-bond donors (Lipinski definition) is 0. The van der Waals surface area contributed by atoms with E-state index < -0.39 is 17.9 Å². The predicted octanol–water partition coefficient (Wildman–Crippen LogP) is 3.73. The van der Waals surface area contributed by atoms with Gasteiger partial charge < -0.3 is 23.8 Å². The fourth-order valence-corrected chi connectivity index (χ4v) is 4.04. The van der Waals surface area contributed by atoms with Gasteiger partial charge in [-0.15, -0.1) is 0 Å². The number of nitrogens with zero attached hydrogens (tertiary/aromatic N) is 1. The molecule has 32 heavy (non-hydrogen) atoms. The lowest BCUT2D eigenvalue weighted by molar-refractivity contribution is -0.137. The fraction of sp³-hybridized carbons (Fsp3) is 0.280. The molecule has 2 aliphatic rings. The summed E-state index contributed by atoms with van der Waals surface area (Å²) in [6, 6.07) is 15.1. The second-order valence-electron chi connectivity index (χ2n) is 7.49. The van der Waals surface area contributed by atoms with Crippen LogP contribution in [0.1, 0.15) is 30.0 Å². The molecule has 1 atom stereocenters. The van der Waals surface area contributed by atoms with Crippen LogP contribution in [0.15, 0.2) is 72.1 Å². The van der Waals surface area contributed by atoms with E-state index in [1.165, 1.54) is 14.2 Å². The van der Waals surface area contributed by atoms with E-state index in [9.17, 15) is 9.59 Å². The number of hydrogen-bond acceptors (Lipinski definition) is 7. The summed E-state index contributed by atoms with van der Waals surface area (Å²) in [5.74, 6) is -0.723. The van der Waals surface area contributed by atoms with Crippen molar-refractivity contribution in [1.82, 2.24) is 4.90 Å². The summed E-state index contributed by atoms with van der Waals surface area (Å²) in [5.41, 5.74) is 2.28. The van der Waals surface area contributed by atoms with Gasteiger partial charge in [0.15, 0.2) is 11.5 Å². The monoisotopic (exact) mass is 435 g/mol. The summed E-state index contributed by atoms with van der Waals surface area (Å²) >= 11 is 0. The van der Waals surface area contributed by atoms with Gasteiger partial charge in [0.05, 0.1) is 37.3 Å². The van der Waals surface area contributed by atoms with Crippen LogP contribution in [-0.2, 0) is 19.1 Å². The van der Waals surface area contributed by atoms with Crippen LogP contribution in [0, 0.1) is 0 Å². The Bertz CT molecular complexity index is 1040. The molecule has 7 nitrogen and oxygen atoms in total. The lowest BCUT2D eigenvalue weighted by Gasteiger charge is -2.34. The number of carbonyl (C=O) groups is 2. The Morgan fingerprint density at radius 2 is 1.53 bits per heavy atom. The van der Waals surface area contributed by atoms with Crippen LogP contribution >= 0.6 is 0 Å². The molecular weight excluding hydrogens is 410 g/mol. The smallest absolute Gasteiger partial charge is 0.336 e. The summed E-state index contributed by atoms with van der Waals surface area (Å²) in [4.78, 5) is 27.7. The van der Waals surface area contributed by atoms with Gasteiger partial charge in [-0.05, 0) is 18.6 Å². The Balaban J connectivity index is 1.86. The third-order valence-corrected chi connectivity index (χ3v) is 5.68. The van der Waals surface area contributed by atoms with Crippen molar-refractivity contribution >= 4 is 11.9 Å². The second-order valence-corrected chi connectivity index (χ2v) is 7.49. The Kier molecular flexibility index (Phi) is 6.16. The maximum absolute atomic E-state index is 12.9. The van der Waals surface area contributed by atoms with Gasteiger partial charge in [0.2, 0.25) is 0 Å². The van der Waals surface area contributed by atoms with E-state index in [1.54, 1.807) is 18.5 Å². The minimum Gasteiger partial charge on any atom is -0.486 e. The van der Waals surface area contributed by atoms with Crippen LogP contribution in [0.2, 0.25) is 0 Å². The molecule has 0 aromatic heterocycles. The highest BCUT2D eigenvalue weighted by molar-refractivity contribution is 5.99. The van der Waals surface area contributed by atoms with Gasteiger partial charge >= 0.3 is 11.9 Å². The molecule has 0 radical (unpaired) electrons. The first kappa shape index (κ1) is 21.5. The van der Waals surface area contributed by atoms with Crippen molar-refractivity contribution in [3.63, 3.8) is 0 Å². The quantitative estimate of drug-likeness (QED) is 0.663. The maximum atomic E-state index is 12.9. The molecule has 2 aromatic rings. The summed E-state index contributed by atoms with van der Waals surface area (Å²) in [7, 11) is 2.64. The van der Waals surface area contributed by atoms with Gasteiger partial charge in [0.25, 0.3) is 0 Å². The van der Waals surface area contributed by atoms with E-state index in [-0.39, 0.29) is 6.04 Å². The molecule has 0 bridgehead atoms. The third-order valence-electron chi connectivity index (χ3n) is 5.68. The molecule has 0 saturated carbocycles. The van der Waals surface area contributed by atoms with E-state index in [4.69, 9.17) is 18.9 Å². The molecule has 0 N–H and O–H groups in total. The number of fused-ring (bicyclic) bond motifs is 1. The number of benzene rings is 2. The van der Waals surface area contributed by atoms with Crippen molar-refractivity contribution < 1.29 is 28.5 Å². The first-order valence-electron chi connectivity index (χ1n) is 10.4. The van der Waals surface area contributed by atoms with Crippen LogP contribution in [0.5, 0.6) is 11.5 Å². The van der Waals surface area contributed by atoms with Crippen molar-refractivity contribution in [3.05, 3.63) is 83.2 Å². The SMILES string of the molecule is COC(=O)C1=CN(C(C)c2ccccc2)C=C(C(=O)OC)C1c1cccc2c1OCCO2. The minimum absolute atomic E-state index is 0.138. The molecule has 7 heteroatoms. The normalized spacial score (nSPS) is 16.5. The molecule has 0 aliphatic carbocycles. The average molecular weight is 435 g/mol. The predicted molar refractivity (Wildman–Crippen MR) is 117 cm³/mol. The van der Waals surface area contributed by atoms with Gasteiger partial charge in [0.1, 0.15) is 13.2 Å². The van der Waals surface area contributed by atoms with E-state index in [0.717, 1.165) is 5.56 Å². The summed E-state index contributed by atoms with van der Waals surface area (Å²) in [6.45, 7) is 2.80. The van der Waals surface area contributed by atoms with Crippen LogP contribution in [-0.4, -0.2) is 44.3 Å². The first-order valence-corrected chi connectivity index (χ1v) is 10.4. The third kappa shape index (κ3) is 3.93. The maximum Gasteiger partial charge on any atom is 0.336 e. The zero-order valence-corrected chi connectivity index (χ0v) is 18.2. The zero-order valence-electron chi connectivity index (χ0n) is 18.2. The molecule has 0 amide bonds. The average Bonchev–Trinajstić information content (AvgIpc) is 2.86. The Labute approximate surface area is 186 Å². The molecule has 0 fully saturated rings. The molecule has 0 saturated heterocycles. The minimum atomic E-state index is -0.731. The summed E-state index contributed by atoms with van der Waals surface area (Å²) in [5, 5.41) is 0. The molecule has 2 aliphatic heterocycles. The summed E-state index contributed by atoms with van der Waals surface area (Å²) in [6.07, 6.45) is 3.45. The van der Waals surface area contributed by atoms with Crippen LogP contribution < -0.4 is 9.47 Å². The van der Waals surface area contributed by atoms with Gasteiger partial charge in [-0.1, -0.05) is 42.5 Å². The lowest BCUT2D eigenvalue weighted by Crippen LogP contribution is -2.30. The van der Waals surface area contributed by atoms with Crippen molar-refractivity contribution in [2.45, 2.75) is 18.9 Å². The van der Waals surface area contributed by atoms with E-state index in [0.29, 0.717) is 41.4 Å². The van der Waals surface area contributed by atoms with E-state index in [2.05, 4.69) is 0 Å². The zero-order chi connectivity index (χ0) is 22.7. The number of methoxy groups -OCH3 is 2. The molecule has 4 rings (SSSR count). The van der Waals surface area contributed by atoms with Crippen LogP contribution in [0.25, 0.3) is 0 Å². The van der Waals surface area contributed by atoms with Crippen LogP contribution in [0.3, 0.4) is 0 Å². The topological polar surface area (TPSA) is 74.3 Å². The molecule has 2 aromatic carbocycles. The molecule has 0 spiro atoms. The Morgan fingerprint density at radius 1 is 0.906 bits per heavy atom. The van der Waals surface area contributed by atoms with Crippen LogP contribution in [0.4, 0.5) is 0 Å². The van der Waals surface area contributed by atoms with E-state index in [1.807, 2.05) is 54.3 Å². The number of para-hydroxylation sites is 1. The first-order chi connectivity index (χ1) is 15.5. The van der Waals surface area contributed by atoms with Gasteiger partial charge in [-0.3, -0.25) is 0 Å². The van der Waals surface area contributed by atoms with Crippen molar-refractivity contribution in [2.24, 2.45) is 0 Å². The fourth-order valence-electron chi connectivity index (χ4n) is 4.04. The van der Waals surface area contributed by atoms with Crippen molar-refractivity contribution in [1.29, 1.82) is 0 Å². The van der Waals surface area contributed by atoms with Gasteiger partial charge in [0, 0.05) is 18.0 Å². The van der Waals surface area contributed by atoms with Gasteiger partial charge in [-0.25, -0.2) is 9.59 Å². The van der Waals surface area contributed by atoms with E-state index >= 15 is 0 Å². The number of ether oxygens (including phenoxy) is 4. The van der Waals surface area contributed by atoms with Crippen molar-refractivity contribution in [3.8, 4) is 11.5 Å². The highest BCUT2D eigenvalue weighted by Gasteiger charge is 2.38. The molecule has 2 heterocycles. The largest absolute Gasteiger partial charge is 0.486 e. The lowest BCUT2D eigenvalue weighted by atomic mass is 9.82. The number of rotatable bonds is 5. The van der Waals surface area contributed by atoms with Crippen molar-refractivity contribution in [2.75, 3.05) is 27.4 Å². The summed E-state index contributed by atoms with van der Waals surface area (Å²) < 4.78 is 21.8. The number of carbonyl (C=O) groups excluding carboxylic acids is 2. The molecular formula is C25H25NO6. The number of esters is 2. The Morgan fingerprint density at radius 3 is 2.16 bits per heavy atom. The van der Waals surface area contributed by atoms with Gasteiger partial charge in [-0.2, -0.15) is 0 Å². The highest BCUT2D eigenvalue weighted by Crippen LogP contribution is 2.46. The highest BCUT2D eigenvalue weighted by atomic mass is 16.6. The standard InChI is InChI=1S/C25H25NO6/c1-16(17-8-5-4-6-9-17)26-14-19(24(27)29-2)22(20(15-26)25(28)30-3)18-10-7-11-21-23(18)32-13-12-31-21/h4-11,14-16,22H,12-13H2,1-3H3. The second kappa shape index (κ2) is 9.18.